The van der Waals surface area contributed by atoms with Gasteiger partial charge in [-0.25, -0.2) is 0 Å². The summed E-state index contributed by atoms with van der Waals surface area (Å²) in [5.74, 6) is 0.254. The van der Waals surface area contributed by atoms with Crippen molar-refractivity contribution in [3.63, 3.8) is 0 Å². The molecule has 3 rings (SSSR count). The van der Waals surface area contributed by atoms with Gasteiger partial charge in [-0.2, -0.15) is 13.2 Å². The molecule has 6 nitrogen and oxygen atoms in total. The van der Waals surface area contributed by atoms with E-state index in [1.54, 1.807) is 4.90 Å². The van der Waals surface area contributed by atoms with Gasteiger partial charge in [-0.15, -0.1) is 0 Å². The van der Waals surface area contributed by atoms with Gasteiger partial charge in [0.25, 0.3) is 6.47 Å². The highest BCUT2D eigenvalue weighted by Gasteiger charge is 2.63. The molecule has 1 spiro atoms. The van der Waals surface area contributed by atoms with E-state index in [1.807, 2.05) is 14.1 Å². The third-order valence-electron chi connectivity index (χ3n) is 5.33. The van der Waals surface area contributed by atoms with Crippen LogP contribution in [0.5, 0.6) is 0 Å². The summed E-state index contributed by atoms with van der Waals surface area (Å²) in [6.45, 7) is 1.67. The van der Waals surface area contributed by atoms with Crippen LogP contribution in [0.3, 0.4) is 0 Å². The highest BCUT2D eigenvalue weighted by molar-refractivity contribution is 5.76. The zero-order chi connectivity index (χ0) is 18.8. The molecule has 0 aromatic rings. The van der Waals surface area contributed by atoms with Crippen LogP contribution in [0.15, 0.2) is 0 Å². The Morgan fingerprint density at radius 2 is 2.08 bits per heavy atom. The molecule has 0 aliphatic carbocycles. The fourth-order valence-electron chi connectivity index (χ4n) is 4.45. The van der Waals surface area contributed by atoms with Gasteiger partial charge in [0.05, 0.1) is 24.7 Å². The van der Waals surface area contributed by atoms with Crippen LogP contribution in [0.4, 0.5) is 13.2 Å². The van der Waals surface area contributed by atoms with Gasteiger partial charge in [-0.1, -0.05) is 0 Å². The first-order chi connectivity index (χ1) is 11.6. The molecular weight excluding hydrogens is 341 g/mol. The number of ether oxygens (including phenoxy) is 1. The molecule has 3 heterocycles. The predicted octanol–water partition coefficient (Wildman–Crippen LogP) is 1.60. The Labute approximate surface area is 144 Å². The van der Waals surface area contributed by atoms with E-state index in [0.29, 0.717) is 19.0 Å². The first-order valence-corrected chi connectivity index (χ1v) is 8.37. The van der Waals surface area contributed by atoms with Crippen molar-refractivity contribution in [2.24, 2.45) is 11.8 Å². The molecule has 0 aromatic carbocycles. The number of hydrogen-bond donors (Lipinski definition) is 1. The Hall–Kier alpha value is -1.35. The van der Waals surface area contributed by atoms with Gasteiger partial charge in [0.1, 0.15) is 0 Å². The number of carbonyl (C=O) groups is 2. The Balaban J connectivity index is 0.000000701. The van der Waals surface area contributed by atoms with Crippen molar-refractivity contribution < 1.29 is 32.6 Å². The average molecular weight is 366 g/mol. The first-order valence-electron chi connectivity index (χ1n) is 8.37. The van der Waals surface area contributed by atoms with Gasteiger partial charge in [0.2, 0.25) is 5.91 Å². The summed E-state index contributed by atoms with van der Waals surface area (Å²) >= 11 is 0. The molecule has 3 fully saturated rings. The lowest BCUT2D eigenvalue weighted by Crippen LogP contribution is -2.40. The van der Waals surface area contributed by atoms with Gasteiger partial charge in [-0.05, 0) is 26.9 Å². The fourth-order valence-corrected chi connectivity index (χ4v) is 4.45. The second-order valence-electron chi connectivity index (χ2n) is 7.29. The minimum Gasteiger partial charge on any atom is -0.483 e. The van der Waals surface area contributed by atoms with E-state index in [4.69, 9.17) is 14.6 Å². The Morgan fingerprint density at radius 1 is 1.44 bits per heavy atom. The third-order valence-corrected chi connectivity index (χ3v) is 5.33. The highest BCUT2D eigenvalue weighted by atomic mass is 19.4. The van der Waals surface area contributed by atoms with Crippen molar-refractivity contribution >= 4 is 12.4 Å². The van der Waals surface area contributed by atoms with E-state index in [2.05, 4.69) is 4.90 Å². The summed E-state index contributed by atoms with van der Waals surface area (Å²) in [4.78, 5) is 24.2. The maximum absolute atomic E-state index is 12.3. The molecule has 3 saturated heterocycles. The Bertz CT molecular complexity index is 500. The smallest absolute Gasteiger partial charge is 0.389 e. The number of carboxylic acid groups (broad SMARTS) is 1. The highest BCUT2D eigenvalue weighted by Crippen LogP contribution is 2.55. The minimum absolute atomic E-state index is 0.250. The SMILES string of the molecule is CN(C)C[C@H]1[C@H]2CN(C(=O)CCC(F)(F)F)C[C@]23CC[C@H]1O3.O=CO. The normalized spacial score (nSPS) is 33.2. The Morgan fingerprint density at radius 3 is 2.64 bits per heavy atom. The summed E-state index contributed by atoms with van der Waals surface area (Å²) < 4.78 is 43.0. The molecule has 0 unspecified atom stereocenters. The van der Waals surface area contributed by atoms with Gasteiger partial charge < -0.3 is 19.6 Å². The number of likely N-dealkylation sites (tertiary alicyclic amines) is 1. The van der Waals surface area contributed by atoms with E-state index >= 15 is 0 Å². The molecule has 0 aromatic heterocycles. The van der Waals surface area contributed by atoms with Gasteiger partial charge in [0, 0.05) is 31.3 Å². The number of hydrogen-bond acceptors (Lipinski definition) is 4. The van der Waals surface area contributed by atoms with Crippen LogP contribution in [0.25, 0.3) is 0 Å². The van der Waals surface area contributed by atoms with Crippen molar-refractivity contribution in [2.45, 2.75) is 43.6 Å². The second-order valence-corrected chi connectivity index (χ2v) is 7.29. The predicted molar refractivity (Wildman–Crippen MR) is 82.9 cm³/mol. The number of rotatable bonds is 4. The molecule has 25 heavy (non-hydrogen) atoms. The zero-order valence-electron chi connectivity index (χ0n) is 14.5. The van der Waals surface area contributed by atoms with Crippen LogP contribution in [0, 0.1) is 11.8 Å². The van der Waals surface area contributed by atoms with Crippen LogP contribution in [-0.2, 0) is 14.3 Å². The molecule has 0 saturated carbocycles. The molecule has 2 bridgehead atoms. The summed E-state index contributed by atoms with van der Waals surface area (Å²) in [6.07, 6.45) is -3.58. The van der Waals surface area contributed by atoms with E-state index in [9.17, 15) is 18.0 Å². The standard InChI is InChI=1S/C15H23F3N2O2.CH2O2/c1-19(2)7-10-11-8-20(13(21)4-6-15(16,17)18)9-14(11)5-3-12(10)22-14;2-1-3/h10-12H,3-9H2,1-2H3;1H,(H,2,3)/t10-,11+,12+,14+;/m0./s1. The minimum atomic E-state index is -4.27. The molecule has 0 radical (unpaired) electrons. The quantitative estimate of drug-likeness (QED) is 0.766. The number of carbonyl (C=O) groups excluding carboxylic acids is 1. The van der Waals surface area contributed by atoms with Crippen molar-refractivity contribution in [3.8, 4) is 0 Å². The lowest BCUT2D eigenvalue weighted by Gasteiger charge is -2.30. The van der Waals surface area contributed by atoms with Crippen molar-refractivity contribution in [2.75, 3.05) is 33.7 Å². The van der Waals surface area contributed by atoms with E-state index in [0.717, 1.165) is 19.4 Å². The van der Waals surface area contributed by atoms with E-state index < -0.39 is 24.9 Å². The summed E-state index contributed by atoms with van der Waals surface area (Å²) in [5, 5.41) is 6.89. The van der Waals surface area contributed by atoms with Crippen LogP contribution < -0.4 is 0 Å². The van der Waals surface area contributed by atoms with Crippen LogP contribution in [0.1, 0.15) is 25.7 Å². The number of amides is 1. The molecule has 144 valence electrons. The molecule has 9 heteroatoms. The van der Waals surface area contributed by atoms with Crippen LogP contribution in [-0.4, -0.2) is 78.9 Å². The van der Waals surface area contributed by atoms with Crippen LogP contribution >= 0.6 is 0 Å². The zero-order valence-corrected chi connectivity index (χ0v) is 14.5. The van der Waals surface area contributed by atoms with Crippen molar-refractivity contribution in [3.05, 3.63) is 0 Å². The lowest BCUT2D eigenvalue weighted by molar-refractivity contribution is -0.149. The molecule has 3 aliphatic heterocycles. The summed E-state index contributed by atoms with van der Waals surface area (Å²) in [7, 11) is 4.03. The summed E-state index contributed by atoms with van der Waals surface area (Å²) in [6, 6.07) is 0. The molecular formula is C16H25F3N2O4. The van der Waals surface area contributed by atoms with Gasteiger partial charge >= 0.3 is 6.18 Å². The third kappa shape index (κ3) is 4.44. The average Bonchev–Trinajstić information content (AvgIpc) is 3.14. The van der Waals surface area contributed by atoms with Crippen molar-refractivity contribution in [1.29, 1.82) is 0 Å². The number of fused-ring (bicyclic) bond motifs is 1. The molecule has 1 amide bonds. The maximum Gasteiger partial charge on any atom is 0.389 e. The number of nitrogens with zero attached hydrogens (tertiary/aromatic N) is 2. The second kappa shape index (κ2) is 7.49. The largest absolute Gasteiger partial charge is 0.483 e. The summed E-state index contributed by atoms with van der Waals surface area (Å²) in [5.41, 5.74) is -0.292. The molecule has 3 aliphatic rings. The Kier molecular flexibility index (Phi) is 5.98. The van der Waals surface area contributed by atoms with E-state index in [-0.39, 0.29) is 24.1 Å². The van der Waals surface area contributed by atoms with Crippen LogP contribution in [0.2, 0.25) is 0 Å². The number of halogens is 3. The monoisotopic (exact) mass is 366 g/mol. The first kappa shape index (κ1) is 20.0. The maximum atomic E-state index is 12.3. The number of alkyl halides is 3. The van der Waals surface area contributed by atoms with E-state index in [1.165, 1.54) is 0 Å². The van der Waals surface area contributed by atoms with Gasteiger partial charge in [-0.3, -0.25) is 9.59 Å². The van der Waals surface area contributed by atoms with Crippen molar-refractivity contribution in [1.82, 2.24) is 9.80 Å². The fraction of sp³-hybridized carbons (Fsp3) is 0.875. The van der Waals surface area contributed by atoms with Gasteiger partial charge in [0.15, 0.2) is 0 Å². The topological polar surface area (TPSA) is 70.1 Å². The lowest BCUT2D eigenvalue weighted by atomic mass is 9.73. The molecule has 1 N–H and O–H groups in total. The molecule has 4 atom stereocenters.